The fourth-order valence-electron chi connectivity index (χ4n) is 2.12. The summed E-state index contributed by atoms with van der Waals surface area (Å²) in [5.74, 6) is -1.16. The molecule has 5 heteroatoms. The molecule has 0 fully saturated rings. The van der Waals surface area contributed by atoms with Crippen LogP contribution in [0.4, 0.5) is 0 Å². The summed E-state index contributed by atoms with van der Waals surface area (Å²) >= 11 is 0. The normalized spacial score (nSPS) is 15.8. The van der Waals surface area contributed by atoms with Crippen molar-refractivity contribution in [3.05, 3.63) is 69.9 Å². The smallest absolute Gasteiger partial charge is 0.419 e. The first kappa shape index (κ1) is 12.9. The van der Waals surface area contributed by atoms with Crippen LogP contribution in [0.2, 0.25) is 0 Å². The van der Waals surface area contributed by atoms with Gasteiger partial charge in [-0.05, 0) is 23.3 Å². The van der Waals surface area contributed by atoms with Crippen molar-refractivity contribution in [2.24, 2.45) is 0 Å². The molecule has 0 aliphatic heterocycles. The number of carbonyl (C=O) groups is 1. The molecular weight excluding hydrogens is 270 g/mol. The van der Waals surface area contributed by atoms with Crippen molar-refractivity contribution < 1.29 is 14.3 Å². The number of ketones is 1. The van der Waals surface area contributed by atoms with Crippen LogP contribution in [0.3, 0.4) is 0 Å². The molecule has 0 saturated heterocycles. The fraction of sp³-hybridized carbons (Fsp3) is 0. The van der Waals surface area contributed by atoms with E-state index in [1.54, 1.807) is 18.2 Å². The number of allylic oxidation sites excluding steroid dienone is 4. The summed E-state index contributed by atoms with van der Waals surface area (Å²) in [5, 5.41) is 9.38. The van der Waals surface area contributed by atoms with Gasteiger partial charge in [0, 0.05) is 5.57 Å². The van der Waals surface area contributed by atoms with Gasteiger partial charge in [-0.15, -0.1) is 0 Å². The zero-order chi connectivity index (χ0) is 14.8. The predicted octanol–water partition coefficient (Wildman–Crippen LogP) is 2.37. The van der Waals surface area contributed by atoms with E-state index < -0.39 is 5.76 Å². The molecule has 0 amide bonds. The van der Waals surface area contributed by atoms with Crippen LogP contribution in [0.5, 0.6) is 5.88 Å². The maximum absolute atomic E-state index is 12.0. The highest BCUT2D eigenvalue weighted by Gasteiger charge is 2.15. The van der Waals surface area contributed by atoms with E-state index in [0.717, 1.165) is 11.1 Å². The van der Waals surface area contributed by atoms with Gasteiger partial charge >= 0.3 is 5.76 Å². The van der Waals surface area contributed by atoms with Crippen molar-refractivity contribution in [2.75, 3.05) is 0 Å². The molecule has 0 spiro atoms. The molecule has 21 heavy (non-hydrogen) atoms. The van der Waals surface area contributed by atoms with Gasteiger partial charge in [-0.1, -0.05) is 42.5 Å². The molecule has 0 saturated carbocycles. The van der Waals surface area contributed by atoms with Gasteiger partial charge in [-0.25, -0.2) is 4.79 Å². The molecule has 104 valence electrons. The van der Waals surface area contributed by atoms with Crippen molar-refractivity contribution >= 4 is 23.5 Å². The minimum Gasteiger partial charge on any atom is -0.492 e. The average Bonchev–Trinajstić information content (AvgIpc) is 2.79. The molecule has 1 aliphatic carbocycles. The van der Waals surface area contributed by atoms with E-state index in [0.29, 0.717) is 5.57 Å². The Labute approximate surface area is 119 Å². The van der Waals surface area contributed by atoms with Gasteiger partial charge in [-0.2, -0.15) is 0 Å². The number of nitrogens with one attached hydrogen (secondary N) is 1. The molecule has 3 rings (SSSR count). The van der Waals surface area contributed by atoms with Gasteiger partial charge in [-0.3, -0.25) is 9.78 Å². The second-order valence-electron chi connectivity index (χ2n) is 4.45. The van der Waals surface area contributed by atoms with E-state index in [9.17, 15) is 14.7 Å². The van der Waals surface area contributed by atoms with Gasteiger partial charge in [0.15, 0.2) is 11.5 Å². The Bertz CT molecular complexity index is 849. The summed E-state index contributed by atoms with van der Waals surface area (Å²) in [6.45, 7) is 0. The van der Waals surface area contributed by atoms with Gasteiger partial charge in [0.2, 0.25) is 5.88 Å². The molecule has 1 aromatic carbocycles. The molecule has 1 heterocycles. The van der Waals surface area contributed by atoms with Crippen LogP contribution in [0.15, 0.2) is 51.7 Å². The lowest BCUT2D eigenvalue weighted by Crippen LogP contribution is -2.03. The average molecular weight is 281 g/mol. The third-order valence-electron chi connectivity index (χ3n) is 3.10. The van der Waals surface area contributed by atoms with Crippen molar-refractivity contribution in [1.82, 2.24) is 4.98 Å². The first-order valence-corrected chi connectivity index (χ1v) is 6.27. The first-order valence-electron chi connectivity index (χ1n) is 6.27. The number of carbonyl (C=O) groups excluding carboxylic acids is 1. The van der Waals surface area contributed by atoms with Crippen LogP contribution in [-0.4, -0.2) is 15.9 Å². The highest BCUT2D eigenvalue weighted by molar-refractivity contribution is 6.30. The summed E-state index contributed by atoms with van der Waals surface area (Å²) < 4.78 is 4.72. The van der Waals surface area contributed by atoms with E-state index in [1.165, 1.54) is 12.2 Å². The maximum Gasteiger partial charge on any atom is 0.419 e. The number of H-pyrrole nitrogens is 1. The number of aromatic amines is 1. The van der Waals surface area contributed by atoms with Crippen LogP contribution in [0.25, 0.3) is 17.7 Å². The van der Waals surface area contributed by atoms with E-state index >= 15 is 0 Å². The Morgan fingerprint density at radius 1 is 1.14 bits per heavy atom. The first-order chi connectivity index (χ1) is 10.1. The van der Waals surface area contributed by atoms with E-state index in [4.69, 9.17) is 4.42 Å². The van der Waals surface area contributed by atoms with Crippen molar-refractivity contribution in [3.63, 3.8) is 0 Å². The van der Waals surface area contributed by atoms with Crippen LogP contribution in [-0.2, 0) is 4.79 Å². The zero-order valence-electron chi connectivity index (χ0n) is 10.9. The third kappa shape index (κ3) is 2.49. The van der Waals surface area contributed by atoms with Gasteiger partial charge < -0.3 is 9.52 Å². The van der Waals surface area contributed by atoms with Crippen LogP contribution in [0.1, 0.15) is 16.9 Å². The molecule has 2 N–H and O–H groups in total. The fourth-order valence-corrected chi connectivity index (χ4v) is 2.12. The molecule has 0 atom stereocenters. The van der Waals surface area contributed by atoms with Crippen molar-refractivity contribution in [2.45, 2.75) is 0 Å². The number of aromatic hydroxyl groups is 1. The molecule has 0 bridgehead atoms. The predicted molar refractivity (Wildman–Crippen MR) is 78.5 cm³/mol. The number of benzene rings is 1. The largest absolute Gasteiger partial charge is 0.492 e. The Morgan fingerprint density at radius 3 is 2.71 bits per heavy atom. The molecular formula is C16H11NO4. The highest BCUT2D eigenvalue weighted by atomic mass is 16.4. The van der Waals surface area contributed by atoms with Crippen LogP contribution < -0.4 is 5.76 Å². The molecule has 0 unspecified atom stereocenters. The Morgan fingerprint density at radius 2 is 1.95 bits per heavy atom. The monoisotopic (exact) mass is 281 g/mol. The summed E-state index contributed by atoms with van der Waals surface area (Å²) in [6, 6.07) is 7.55. The Hall–Kier alpha value is -3.08. The maximum atomic E-state index is 12.0. The summed E-state index contributed by atoms with van der Waals surface area (Å²) in [6.07, 6.45) is 7.87. The van der Waals surface area contributed by atoms with E-state index in [-0.39, 0.29) is 17.4 Å². The van der Waals surface area contributed by atoms with Crippen LogP contribution >= 0.6 is 0 Å². The minimum absolute atomic E-state index is 0.0175. The molecule has 1 aromatic heterocycles. The third-order valence-corrected chi connectivity index (χ3v) is 3.10. The quantitative estimate of drug-likeness (QED) is 0.828. The summed E-state index contributed by atoms with van der Waals surface area (Å²) in [4.78, 5) is 25.0. The summed E-state index contributed by atoms with van der Waals surface area (Å²) in [7, 11) is 0. The lowest BCUT2D eigenvalue weighted by molar-refractivity contribution is -0.109. The van der Waals surface area contributed by atoms with Crippen molar-refractivity contribution in [1.29, 1.82) is 0 Å². The Balaban J connectivity index is 1.96. The Kier molecular flexibility index (Phi) is 3.16. The van der Waals surface area contributed by atoms with E-state index in [1.807, 2.05) is 24.3 Å². The standard InChI is InChI=1S/C16H11NO4/c18-13-9-8-10-4-1-2-5-11(10)12(13)6-3-7-14-15(19)17-16(20)21-14/h1-9,19H,(H,17,20). The lowest BCUT2D eigenvalue weighted by Gasteiger charge is -2.12. The van der Waals surface area contributed by atoms with Gasteiger partial charge in [0.1, 0.15) is 0 Å². The van der Waals surface area contributed by atoms with Crippen LogP contribution in [0, 0.1) is 0 Å². The number of hydrogen-bond acceptors (Lipinski definition) is 4. The van der Waals surface area contributed by atoms with E-state index in [2.05, 4.69) is 4.98 Å². The minimum atomic E-state index is -0.734. The molecule has 1 aliphatic rings. The second kappa shape index (κ2) is 5.13. The number of hydrogen-bond donors (Lipinski definition) is 2. The highest BCUT2D eigenvalue weighted by Crippen LogP contribution is 2.26. The zero-order valence-corrected chi connectivity index (χ0v) is 10.9. The number of rotatable bonds is 2. The number of fused-ring (bicyclic) bond motifs is 1. The van der Waals surface area contributed by atoms with Crippen molar-refractivity contribution in [3.8, 4) is 5.88 Å². The second-order valence-corrected chi connectivity index (χ2v) is 4.45. The molecule has 0 radical (unpaired) electrons. The summed E-state index contributed by atoms with van der Waals surface area (Å²) in [5.41, 5.74) is 2.35. The number of aromatic nitrogens is 1. The topological polar surface area (TPSA) is 83.3 Å². The SMILES string of the molecule is O=C1C=Cc2ccccc2C1=CC=Cc1oc(=O)[nH]c1O. The van der Waals surface area contributed by atoms with Gasteiger partial charge in [0.05, 0.1) is 0 Å². The van der Waals surface area contributed by atoms with Gasteiger partial charge in [0.25, 0.3) is 0 Å². The lowest BCUT2D eigenvalue weighted by atomic mass is 9.91. The number of oxazole rings is 1. The molecule has 5 nitrogen and oxygen atoms in total. The molecule has 2 aromatic rings.